The van der Waals surface area contributed by atoms with E-state index in [2.05, 4.69) is 11.4 Å². The average Bonchev–Trinajstić information content (AvgIpc) is 2.98. The van der Waals surface area contributed by atoms with Gasteiger partial charge in [0.1, 0.15) is 12.6 Å². The SMILES string of the molecule is N#C[C@@H]1CCCN1C(=O)CN(N=O)C12CC3CC(CC(O)(C3)C1)C2. The van der Waals surface area contributed by atoms with E-state index in [4.69, 9.17) is 5.26 Å². The molecule has 4 bridgehead atoms. The maximum absolute atomic E-state index is 12.6. The molecule has 4 aliphatic carbocycles. The van der Waals surface area contributed by atoms with Crippen LogP contribution >= 0.6 is 0 Å². The van der Waals surface area contributed by atoms with Crippen LogP contribution in [0.2, 0.25) is 0 Å². The van der Waals surface area contributed by atoms with Crippen LogP contribution in [0.15, 0.2) is 5.29 Å². The average molecular weight is 332 g/mol. The van der Waals surface area contributed by atoms with Gasteiger partial charge in [-0.3, -0.25) is 4.79 Å². The Hall–Kier alpha value is -1.68. The number of aliphatic hydroxyl groups is 1. The number of amides is 1. The topological polar surface area (TPSA) is 97.0 Å². The minimum atomic E-state index is -0.696. The molecule has 3 atom stereocenters. The molecule has 0 aromatic carbocycles. The first-order valence-corrected chi connectivity index (χ1v) is 8.99. The molecule has 0 radical (unpaired) electrons. The molecule has 5 rings (SSSR count). The summed E-state index contributed by atoms with van der Waals surface area (Å²) in [6, 6.07) is 1.78. The van der Waals surface area contributed by atoms with Gasteiger partial charge in [0.15, 0.2) is 0 Å². The number of nitroso groups, excluding NO2 is 1. The van der Waals surface area contributed by atoms with Crippen LogP contribution in [0.5, 0.6) is 0 Å². The normalized spacial score (nSPS) is 42.8. The summed E-state index contributed by atoms with van der Waals surface area (Å²) in [6.07, 6.45) is 6.49. The molecule has 130 valence electrons. The van der Waals surface area contributed by atoms with Crippen LogP contribution in [-0.4, -0.2) is 51.2 Å². The quantitative estimate of drug-likeness (QED) is 0.622. The standard InChI is InChI=1S/C17H24N4O3/c18-9-14-2-1-3-20(14)15(22)10-21(19-24)16-5-12-4-13(6-16)8-17(23,7-12)11-16/h12-14,23H,1-8,10-11H2/t12?,13?,14-,16?,17?/m0/s1. The minimum absolute atomic E-state index is 0.0722. The predicted octanol–water partition coefficient (Wildman–Crippen LogP) is 1.57. The lowest BCUT2D eigenvalue weighted by molar-refractivity contribution is -0.179. The molecule has 5 fully saturated rings. The fourth-order valence-corrected chi connectivity index (χ4v) is 6.17. The monoisotopic (exact) mass is 332 g/mol. The van der Waals surface area contributed by atoms with Crippen LogP contribution in [-0.2, 0) is 4.79 Å². The van der Waals surface area contributed by atoms with Crippen molar-refractivity contribution in [2.45, 2.75) is 68.5 Å². The van der Waals surface area contributed by atoms with E-state index in [1.807, 2.05) is 0 Å². The molecule has 7 nitrogen and oxygen atoms in total. The van der Waals surface area contributed by atoms with E-state index in [0.717, 1.165) is 38.5 Å². The second-order valence-electron chi connectivity index (χ2n) is 8.42. The number of carbonyl (C=O) groups excluding carboxylic acids is 1. The molecule has 0 aromatic heterocycles. The number of rotatable bonds is 4. The number of likely N-dealkylation sites (tertiary alicyclic amines) is 1. The number of carbonyl (C=O) groups is 1. The summed E-state index contributed by atoms with van der Waals surface area (Å²) in [7, 11) is 0. The molecular formula is C17H24N4O3. The third kappa shape index (κ3) is 2.39. The molecule has 1 amide bonds. The van der Waals surface area contributed by atoms with Crippen molar-refractivity contribution in [2.24, 2.45) is 17.1 Å². The Balaban J connectivity index is 1.53. The molecule has 7 heteroatoms. The van der Waals surface area contributed by atoms with Crippen LogP contribution in [0.25, 0.3) is 0 Å². The Labute approximate surface area is 141 Å². The predicted molar refractivity (Wildman–Crippen MR) is 85.2 cm³/mol. The zero-order valence-corrected chi connectivity index (χ0v) is 13.9. The number of hydrogen-bond donors (Lipinski definition) is 1. The molecule has 2 unspecified atom stereocenters. The number of hydrogen-bond acceptors (Lipinski definition) is 5. The summed E-state index contributed by atoms with van der Waals surface area (Å²) in [5.41, 5.74) is -1.17. The van der Waals surface area contributed by atoms with E-state index in [1.54, 1.807) is 4.90 Å². The van der Waals surface area contributed by atoms with Crippen molar-refractivity contribution in [1.29, 1.82) is 5.26 Å². The van der Waals surface area contributed by atoms with Crippen molar-refractivity contribution >= 4 is 5.91 Å². The van der Waals surface area contributed by atoms with E-state index in [1.165, 1.54) is 5.01 Å². The van der Waals surface area contributed by atoms with Gasteiger partial charge < -0.3 is 10.0 Å². The largest absolute Gasteiger partial charge is 0.390 e. The van der Waals surface area contributed by atoms with Crippen LogP contribution in [0, 0.1) is 28.1 Å². The van der Waals surface area contributed by atoms with E-state index in [-0.39, 0.29) is 18.5 Å². The Morgan fingerprint density at radius 1 is 1.33 bits per heavy atom. The highest BCUT2D eigenvalue weighted by Crippen LogP contribution is 2.59. The molecule has 1 saturated heterocycles. The second kappa shape index (κ2) is 5.41. The number of nitriles is 1. The maximum Gasteiger partial charge on any atom is 0.245 e. The Morgan fingerprint density at radius 3 is 2.62 bits per heavy atom. The van der Waals surface area contributed by atoms with Gasteiger partial charge in [-0.15, -0.1) is 4.91 Å². The van der Waals surface area contributed by atoms with Gasteiger partial charge in [-0.25, -0.2) is 5.01 Å². The summed E-state index contributed by atoms with van der Waals surface area (Å²) in [5.74, 6) is 0.657. The van der Waals surface area contributed by atoms with Crippen molar-refractivity contribution < 1.29 is 9.90 Å². The van der Waals surface area contributed by atoms with Crippen LogP contribution < -0.4 is 0 Å². The summed E-state index contributed by atoms with van der Waals surface area (Å²) >= 11 is 0. The zero-order valence-electron chi connectivity index (χ0n) is 13.9. The highest BCUT2D eigenvalue weighted by Gasteiger charge is 2.60. The first-order chi connectivity index (χ1) is 11.5. The minimum Gasteiger partial charge on any atom is -0.390 e. The lowest BCUT2D eigenvalue weighted by Gasteiger charge is -2.61. The van der Waals surface area contributed by atoms with E-state index in [0.29, 0.717) is 31.2 Å². The summed E-state index contributed by atoms with van der Waals surface area (Å²) in [4.78, 5) is 25.8. The molecule has 1 N–H and O–H groups in total. The van der Waals surface area contributed by atoms with Crippen LogP contribution in [0.3, 0.4) is 0 Å². The lowest BCUT2D eigenvalue weighted by atomic mass is 9.51. The fraction of sp³-hybridized carbons (Fsp3) is 0.882. The van der Waals surface area contributed by atoms with Gasteiger partial charge in [0.05, 0.1) is 22.5 Å². The summed E-state index contributed by atoms with van der Waals surface area (Å²) in [5, 5.41) is 24.6. The van der Waals surface area contributed by atoms with Crippen molar-refractivity contribution in [3.8, 4) is 6.07 Å². The molecule has 0 spiro atoms. The van der Waals surface area contributed by atoms with Gasteiger partial charge in [0.25, 0.3) is 0 Å². The Morgan fingerprint density at radius 2 is 2.04 bits per heavy atom. The first kappa shape index (κ1) is 15.8. The van der Waals surface area contributed by atoms with E-state index in [9.17, 15) is 14.8 Å². The van der Waals surface area contributed by atoms with Gasteiger partial charge >= 0.3 is 0 Å². The fourth-order valence-electron chi connectivity index (χ4n) is 6.17. The summed E-state index contributed by atoms with van der Waals surface area (Å²) < 4.78 is 0. The van der Waals surface area contributed by atoms with Crippen LogP contribution in [0.4, 0.5) is 0 Å². The lowest BCUT2D eigenvalue weighted by Crippen LogP contribution is -2.65. The Bertz CT molecular complexity index is 587. The highest BCUT2D eigenvalue weighted by molar-refractivity contribution is 5.79. The smallest absolute Gasteiger partial charge is 0.245 e. The van der Waals surface area contributed by atoms with E-state index >= 15 is 0 Å². The van der Waals surface area contributed by atoms with Gasteiger partial charge in [0, 0.05) is 13.0 Å². The second-order valence-corrected chi connectivity index (χ2v) is 8.42. The third-order valence-electron chi connectivity index (χ3n) is 6.65. The van der Waals surface area contributed by atoms with Crippen molar-refractivity contribution in [3.05, 3.63) is 4.91 Å². The molecular weight excluding hydrogens is 308 g/mol. The van der Waals surface area contributed by atoms with Gasteiger partial charge in [-0.05, 0) is 56.8 Å². The highest BCUT2D eigenvalue weighted by atomic mass is 16.3. The van der Waals surface area contributed by atoms with Gasteiger partial charge in [-0.1, -0.05) is 0 Å². The molecule has 1 aliphatic heterocycles. The third-order valence-corrected chi connectivity index (χ3v) is 6.65. The maximum atomic E-state index is 12.6. The molecule has 1 heterocycles. The van der Waals surface area contributed by atoms with E-state index < -0.39 is 11.1 Å². The Kier molecular flexibility index (Phi) is 3.57. The molecule has 24 heavy (non-hydrogen) atoms. The van der Waals surface area contributed by atoms with Crippen molar-refractivity contribution in [1.82, 2.24) is 9.91 Å². The first-order valence-electron chi connectivity index (χ1n) is 8.99. The molecule has 4 saturated carbocycles. The van der Waals surface area contributed by atoms with Crippen molar-refractivity contribution in [2.75, 3.05) is 13.1 Å². The van der Waals surface area contributed by atoms with Gasteiger partial charge in [0.2, 0.25) is 5.91 Å². The number of nitrogens with zero attached hydrogens (tertiary/aromatic N) is 4. The zero-order chi connectivity index (χ0) is 16.9. The van der Waals surface area contributed by atoms with Crippen LogP contribution in [0.1, 0.15) is 51.4 Å². The van der Waals surface area contributed by atoms with Crippen molar-refractivity contribution in [3.63, 3.8) is 0 Å². The molecule has 0 aromatic rings. The van der Waals surface area contributed by atoms with Gasteiger partial charge in [-0.2, -0.15) is 5.26 Å². The molecule has 5 aliphatic rings. The summed E-state index contributed by atoms with van der Waals surface area (Å²) in [6.45, 7) is 0.503.